The van der Waals surface area contributed by atoms with Crippen LogP contribution in [0, 0.1) is 0 Å². The number of aromatic nitrogens is 2. The summed E-state index contributed by atoms with van der Waals surface area (Å²) in [7, 11) is 0. The number of fused-ring (bicyclic) bond motifs is 3. The van der Waals surface area contributed by atoms with Crippen LogP contribution in [0.3, 0.4) is 0 Å². The maximum atomic E-state index is 13.1. The van der Waals surface area contributed by atoms with E-state index in [1.807, 2.05) is 41.3 Å². The molecule has 1 amide bonds. The van der Waals surface area contributed by atoms with Gasteiger partial charge in [-0.05, 0) is 18.1 Å². The zero-order valence-electron chi connectivity index (χ0n) is 14.1. The second-order valence-corrected chi connectivity index (χ2v) is 6.54. The van der Waals surface area contributed by atoms with Crippen molar-refractivity contribution in [3.8, 4) is 11.3 Å². The van der Waals surface area contributed by atoms with Gasteiger partial charge in [0, 0.05) is 28.7 Å². The summed E-state index contributed by atoms with van der Waals surface area (Å²) in [6.07, 6.45) is 2.36. The second-order valence-electron chi connectivity index (χ2n) is 6.54. The maximum Gasteiger partial charge on any atom is 0.259 e. The van der Waals surface area contributed by atoms with Gasteiger partial charge >= 0.3 is 0 Å². The van der Waals surface area contributed by atoms with E-state index in [0.29, 0.717) is 24.4 Å². The van der Waals surface area contributed by atoms with Crippen molar-refractivity contribution in [2.45, 2.75) is 13.0 Å². The number of nitrogens with one attached hydrogen (secondary N) is 1. The Morgan fingerprint density at radius 1 is 1.08 bits per heavy atom. The predicted molar refractivity (Wildman–Crippen MR) is 98.7 cm³/mol. The fourth-order valence-corrected chi connectivity index (χ4v) is 3.73. The summed E-state index contributed by atoms with van der Waals surface area (Å²) in [5.74, 6) is 0.479. The van der Waals surface area contributed by atoms with Gasteiger partial charge in [0.2, 0.25) is 0 Å². The molecule has 1 aliphatic heterocycles. The molecule has 0 spiro atoms. The van der Waals surface area contributed by atoms with Gasteiger partial charge in [-0.1, -0.05) is 53.7 Å². The average Bonchev–Trinajstić information content (AvgIpc) is 3.32. The summed E-state index contributed by atoms with van der Waals surface area (Å²) in [6.45, 7) is 1.26. The Morgan fingerprint density at radius 3 is 2.77 bits per heavy atom. The molecule has 0 bridgehead atoms. The predicted octanol–water partition coefficient (Wildman–Crippen LogP) is 4.02. The highest BCUT2D eigenvalue weighted by molar-refractivity contribution is 5.99. The first-order valence-corrected chi connectivity index (χ1v) is 8.69. The van der Waals surface area contributed by atoms with Gasteiger partial charge < -0.3 is 14.4 Å². The van der Waals surface area contributed by atoms with Crippen LogP contribution in [0.25, 0.3) is 22.2 Å². The molecule has 4 aromatic rings. The van der Waals surface area contributed by atoms with Crippen LogP contribution in [0.2, 0.25) is 0 Å². The van der Waals surface area contributed by atoms with Crippen LogP contribution in [-0.2, 0) is 13.0 Å². The first kappa shape index (κ1) is 15.0. The van der Waals surface area contributed by atoms with Crippen molar-refractivity contribution in [3.63, 3.8) is 0 Å². The summed E-state index contributed by atoms with van der Waals surface area (Å²) < 4.78 is 5.37. The van der Waals surface area contributed by atoms with E-state index >= 15 is 0 Å². The third kappa shape index (κ3) is 2.32. The highest BCUT2D eigenvalue weighted by atomic mass is 16.5. The smallest absolute Gasteiger partial charge is 0.259 e. The van der Waals surface area contributed by atoms with Crippen LogP contribution in [0.5, 0.6) is 0 Å². The topological polar surface area (TPSA) is 62.1 Å². The Morgan fingerprint density at radius 2 is 1.88 bits per heavy atom. The number of rotatable bonds is 2. The number of H-pyrrole nitrogens is 1. The number of carbonyl (C=O) groups is 1. The molecule has 3 heterocycles. The summed E-state index contributed by atoms with van der Waals surface area (Å²) in [4.78, 5) is 18.4. The van der Waals surface area contributed by atoms with Gasteiger partial charge in [-0.15, -0.1) is 0 Å². The van der Waals surface area contributed by atoms with Gasteiger partial charge in [0.15, 0.2) is 5.76 Å². The summed E-state index contributed by atoms with van der Waals surface area (Å²) in [5.41, 5.74) is 4.93. The Balaban J connectivity index is 1.47. The van der Waals surface area contributed by atoms with Crippen molar-refractivity contribution >= 4 is 16.8 Å². The van der Waals surface area contributed by atoms with Crippen molar-refractivity contribution < 1.29 is 9.32 Å². The third-order valence-corrected chi connectivity index (χ3v) is 5.01. The number of para-hydroxylation sites is 1. The van der Waals surface area contributed by atoms with E-state index in [9.17, 15) is 4.79 Å². The monoisotopic (exact) mass is 343 g/mol. The molecule has 0 saturated carbocycles. The number of carbonyl (C=O) groups excluding carboxylic acids is 1. The van der Waals surface area contributed by atoms with Gasteiger partial charge in [0.05, 0.1) is 12.7 Å². The fraction of sp³-hybridized carbons (Fsp3) is 0.143. The Hall–Kier alpha value is -3.34. The molecule has 128 valence electrons. The number of benzene rings is 2. The third-order valence-electron chi connectivity index (χ3n) is 5.01. The Labute approximate surface area is 150 Å². The number of aromatic amines is 1. The number of hydrogen-bond donors (Lipinski definition) is 1. The normalized spacial score (nSPS) is 13.8. The van der Waals surface area contributed by atoms with E-state index in [1.54, 1.807) is 0 Å². The van der Waals surface area contributed by atoms with E-state index < -0.39 is 0 Å². The molecule has 26 heavy (non-hydrogen) atoms. The zero-order valence-corrected chi connectivity index (χ0v) is 14.1. The summed E-state index contributed by atoms with van der Waals surface area (Å²) in [6, 6.07) is 17.9. The van der Waals surface area contributed by atoms with Gasteiger partial charge in [0.25, 0.3) is 5.91 Å². The lowest BCUT2D eigenvalue weighted by atomic mass is 10.0. The van der Waals surface area contributed by atoms with E-state index in [0.717, 1.165) is 23.2 Å². The van der Waals surface area contributed by atoms with Gasteiger partial charge in [-0.3, -0.25) is 4.79 Å². The molecular weight excluding hydrogens is 326 g/mol. The van der Waals surface area contributed by atoms with Crippen molar-refractivity contribution in [3.05, 3.63) is 77.6 Å². The Bertz CT molecular complexity index is 1090. The van der Waals surface area contributed by atoms with Gasteiger partial charge in [0.1, 0.15) is 5.56 Å². The quantitative estimate of drug-likeness (QED) is 0.598. The molecule has 5 nitrogen and oxygen atoms in total. The van der Waals surface area contributed by atoms with Crippen LogP contribution >= 0.6 is 0 Å². The van der Waals surface area contributed by atoms with Gasteiger partial charge in [-0.2, -0.15) is 0 Å². The molecular formula is C21H17N3O2. The molecule has 0 aliphatic carbocycles. The first-order chi connectivity index (χ1) is 12.8. The molecule has 1 aliphatic rings. The largest absolute Gasteiger partial charge is 0.357 e. The SMILES string of the molecule is O=C(c1cnoc1-c1ccccc1)N1CCc2c([nH]c3ccccc23)C1. The second kappa shape index (κ2) is 5.88. The van der Waals surface area contributed by atoms with Crippen molar-refractivity contribution in [1.82, 2.24) is 15.0 Å². The highest BCUT2D eigenvalue weighted by Gasteiger charge is 2.28. The lowest BCUT2D eigenvalue weighted by Crippen LogP contribution is -2.35. The summed E-state index contributed by atoms with van der Waals surface area (Å²) in [5, 5.41) is 5.12. The summed E-state index contributed by atoms with van der Waals surface area (Å²) >= 11 is 0. The lowest BCUT2D eigenvalue weighted by molar-refractivity contribution is 0.0733. The number of hydrogen-bond acceptors (Lipinski definition) is 3. The zero-order chi connectivity index (χ0) is 17.5. The van der Waals surface area contributed by atoms with Crippen molar-refractivity contribution in [1.29, 1.82) is 0 Å². The average molecular weight is 343 g/mol. The van der Waals surface area contributed by atoms with E-state index in [4.69, 9.17) is 4.52 Å². The standard InChI is InChI=1S/C21H17N3O2/c25-21(17-12-22-26-20(17)14-6-2-1-3-7-14)24-11-10-16-15-8-4-5-9-18(15)23-19(16)13-24/h1-9,12,23H,10-11,13H2. The molecule has 5 rings (SSSR count). The highest BCUT2D eigenvalue weighted by Crippen LogP contribution is 2.30. The molecule has 1 N–H and O–H groups in total. The number of nitrogens with zero attached hydrogens (tertiary/aromatic N) is 2. The minimum Gasteiger partial charge on any atom is -0.357 e. The molecule has 0 saturated heterocycles. The van der Waals surface area contributed by atoms with Crippen molar-refractivity contribution in [2.75, 3.05) is 6.54 Å². The van der Waals surface area contributed by atoms with Crippen LogP contribution < -0.4 is 0 Å². The minimum absolute atomic E-state index is 0.0468. The van der Waals surface area contributed by atoms with Gasteiger partial charge in [-0.25, -0.2) is 0 Å². The molecule has 0 atom stereocenters. The fourth-order valence-electron chi connectivity index (χ4n) is 3.73. The Kier molecular flexibility index (Phi) is 3.38. The minimum atomic E-state index is -0.0468. The molecule has 0 fully saturated rings. The molecule has 2 aromatic heterocycles. The molecule has 0 unspecified atom stereocenters. The van der Waals surface area contributed by atoms with Crippen LogP contribution in [-0.4, -0.2) is 27.5 Å². The van der Waals surface area contributed by atoms with Crippen LogP contribution in [0.15, 0.2) is 65.3 Å². The molecule has 2 aromatic carbocycles. The molecule has 0 radical (unpaired) electrons. The maximum absolute atomic E-state index is 13.1. The van der Waals surface area contributed by atoms with E-state index in [-0.39, 0.29) is 5.91 Å². The number of amides is 1. The lowest BCUT2D eigenvalue weighted by Gasteiger charge is -2.27. The molecule has 5 heteroatoms. The van der Waals surface area contributed by atoms with Crippen molar-refractivity contribution in [2.24, 2.45) is 0 Å². The van der Waals surface area contributed by atoms with Crippen LogP contribution in [0.1, 0.15) is 21.6 Å². The van der Waals surface area contributed by atoms with E-state index in [1.165, 1.54) is 17.1 Å². The first-order valence-electron chi connectivity index (χ1n) is 8.69. The van der Waals surface area contributed by atoms with E-state index in [2.05, 4.69) is 28.3 Å². The van der Waals surface area contributed by atoms with Crippen LogP contribution in [0.4, 0.5) is 0 Å².